The fraction of sp³-hybridized carbons (Fsp3) is 0.333. The summed E-state index contributed by atoms with van der Waals surface area (Å²) >= 11 is 0. The molecule has 0 aliphatic carbocycles. The van der Waals surface area contributed by atoms with Gasteiger partial charge >= 0.3 is 41.5 Å². The summed E-state index contributed by atoms with van der Waals surface area (Å²) < 4.78 is 4.31. The first-order chi connectivity index (χ1) is 5.13. The third-order valence-corrected chi connectivity index (χ3v) is 0.855. The Balaban J connectivity index is -0.000000500. The minimum atomic E-state index is -1.51. The summed E-state index contributed by atoms with van der Waals surface area (Å²) in [5.74, 6) is -2.55. The molecule has 0 aromatic rings. The number of aliphatic hydroxyl groups excluding tert-OH is 1. The molecule has 0 aliphatic rings. The number of esters is 1. The molecule has 0 fully saturated rings. The maximum atomic E-state index is 10.6. The minimum absolute atomic E-state index is 0. The number of carboxylic acid groups (broad SMARTS) is 1. The van der Waals surface area contributed by atoms with Gasteiger partial charge in [-0.05, 0) is 6.92 Å². The molecule has 0 spiro atoms. The van der Waals surface area contributed by atoms with E-state index >= 15 is 0 Å². The number of rotatable bonds is 3. The molecule has 0 bridgehead atoms. The molecule has 0 aliphatic heterocycles. The molecule has 0 unspecified atom stereocenters. The van der Waals surface area contributed by atoms with Crippen molar-refractivity contribution in [3.8, 4) is 0 Å². The molecule has 0 saturated carbocycles. The fourth-order valence-corrected chi connectivity index (χ4v) is 0.404. The van der Waals surface area contributed by atoms with Crippen molar-refractivity contribution in [1.82, 2.24) is 0 Å². The van der Waals surface area contributed by atoms with Crippen molar-refractivity contribution in [3.63, 3.8) is 0 Å². The van der Waals surface area contributed by atoms with Gasteiger partial charge in [0.2, 0.25) is 0 Å². The van der Waals surface area contributed by atoms with Crippen LogP contribution in [0.3, 0.4) is 0 Å². The Kier molecular flexibility index (Phi) is 8.36. The Morgan fingerprint density at radius 3 is 2.33 bits per heavy atom. The molecule has 0 aromatic carbocycles. The van der Waals surface area contributed by atoms with Crippen LogP contribution in [0.25, 0.3) is 0 Å². The van der Waals surface area contributed by atoms with E-state index in [1.807, 2.05) is 0 Å². The van der Waals surface area contributed by atoms with Gasteiger partial charge in [0.1, 0.15) is 6.26 Å². The summed E-state index contributed by atoms with van der Waals surface area (Å²) in [6.07, 6.45) is 0.209. The van der Waals surface area contributed by atoms with Gasteiger partial charge in [0.15, 0.2) is 5.57 Å². The van der Waals surface area contributed by atoms with Gasteiger partial charge in [-0.15, -0.1) is 0 Å². The molecule has 0 radical (unpaired) electrons. The molecule has 2 N–H and O–H groups in total. The van der Waals surface area contributed by atoms with Crippen LogP contribution in [0.5, 0.6) is 0 Å². The van der Waals surface area contributed by atoms with Crippen molar-refractivity contribution in [2.45, 2.75) is 6.92 Å². The van der Waals surface area contributed by atoms with Crippen molar-refractivity contribution in [2.24, 2.45) is 0 Å². The van der Waals surface area contributed by atoms with E-state index in [1.54, 1.807) is 0 Å². The maximum Gasteiger partial charge on any atom is 1.00 e. The van der Waals surface area contributed by atoms with Crippen LogP contribution in [0, 0.1) is 0 Å². The molecule has 0 heterocycles. The molecule has 6 heteroatoms. The van der Waals surface area contributed by atoms with Crippen molar-refractivity contribution < 1.29 is 55.5 Å². The van der Waals surface area contributed by atoms with E-state index in [-0.39, 0.29) is 43.9 Å². The molecular formula is C6H9NaO5. The molecule has 0 atom stereocenters. The normalized spacial score (nSPS) is 9.92. The Morgan fingerprint density at radius 1 is 1.58 bits per heavy atom. The molecule has 0 aromatic heterocycles. The smallest absolute Gasteiger partial charge is 1.00 e. The van der Waals surface area contributed by atoms with Gasteiger partial charge in [-0.25, -0.2) is 9.59 Å². The van der Waals surface area contributed by atoms with E-state index in [9.17, 15) is 9.59 Å². The SMILES string of the molecule is CCOC(=O)C(=CO)C(=O)O.[H-].[Na+]. The molecule has 0 saturated heterocycles. The second-order valence-electron chi connectivity index (χ2n) is 1.57. The number of hydrogen-bond acceptors (Lipinski definition) is 4. The topological polar surface area (TPSA) is 83.8 Å². The average molecular weight is 184 g/mol. The van der Waals surface area contributed by atoms with Crippen LogP contribution < -0.4 is 29.6 Å². The Labute approximate surface area is 92.8 Å². The zero-order valence-corrected chi connectivity index (χ0v) is 8.90. The second kappa shape index (κ2) is 7.15. The number of carbonyl (C=O) groups excluding carboxylic acids is 1. The minimum Gasteiger partial charge on any atom is -1.00 e. The number of aliphatic carboxylic acids is 1. The largest absolute Gasteiger partial charge is 1.00 e. The van der Waals surface area contributed by atoms with Crippen molar-refractivity contribution in [3.05, 3.63) is 11.8 Å². The van der Waals surface area contributed by atoms with E-state index < -0.39 is 17.5 Å². The molecular weight excluding hydrogens is 175 g/mol. The number of aliphatic hydroxyl groups is 1. The third-order valence-electron chi connectivity index (χ3n) is 0.855. The summed E-state index contributed by atoms with van der Waals surface area (Å²) in [7, 11) is 0. The summed E-state index contributed by atoms with van der Waals surface area (Å²) in [5, 5.41) is 16.5. The molecule has 0 rings (SSSR count). The van der Waals surface area contributed by atoms with Crippen LogP contribution in [-0.4, -0.2) is 28.8 Å². The van der Waals surface area contributed by atoms with E-state index in [2.05, 4.69) is 4.74 Å². The van der Waals surface area contributed by atoms with Crippen LogP contribution >= 0.6 is 0 Å². The third kappa shape index (κ3) is 4.38. The van der Waals surface area contributed by atoms with Gasteiger partial charge in [-0.2, -0.15) is 0 Å². The molecule has 12 heavy (non-hydrogen) atoms. The summed E-state index contributed by atoms with van der Waals surface area (Å²) in [6, 6.07) is 0. The van der Waals surface area contributed by atoms with Crippen LogP contribution in [-0.2, 0) is 14.3 Å². The van der Waals surface area contributed by atoms with Crippen LogP contribution in [0.2, 0.25) is 0 Å². The van der Waals surface area contributed by atoms with Crippen LogP contribution in [0.15, 0.2) is 11.8 Å². The molecule has 0 amide bonds. The summed E-state index contributed by atoms with van der Waals surface area (Å²) in [5.41, 5.74) is -0.771. The summed E-state index contributed by atoms with van der Waals surface area (Å²) in [4.78, 5) is 20.7. The number of hydrogen-bond donors (Lipinski definition) is 2. The van der Waals surface area contributed by atoms with Crippen molar-refractivity contribution in [1.29, 1.82) is 0 Å². The Bertz CT molecular complexity index is 203. The number of carboxylic acids is 1. The van der Waals surface area contributed by atoms with Crippen LogP contribution in [0.1, 0.15) is 8.35 Å². The van der Waals surface area contributed by atoms with Gasteiger partial charge in [-0.3, -0.25) is 0 Å². The molecule has 5 nitrogen and oxygen atoms in total. The predicted octanol–water partition coefficient (Wildman–Crippen LogP) is -2.81. The van der Waals surface area contributed by atoms with Gasteiger partial charge < -0.3 is 16.4 Å². The summed E-state index contributed by atoms with van der Waals surface area (Å²) in [6.45, 7) is 1.61. The zero-order chi connectivity index (χ0) is 8.85. The average Bonchev–Trinajstić information content (AvgIpc) is 1.88. The number of carbonyl (C=O) groups is 2. The van der Waals surface area contributed by atoms with E-state index in [0.29, 0.717) is 0 Å². The monoisotopic (exact) mass is 184 g/mol. The first-order valence-electron chi connectivity index (χ1n) is 2.88. The first-order valence-corrected chi connectivity index (χ1v) is 2.88. The van der Waals surface area contributed by atoms with Crippen LogP contribution in [0.4, 0.5) is 0 Å². The maximum absolute atomic E-state index is 10.6. The van der Waals surface area contributed by atoms with E-state index in [0.717, 1.165) is 0 Å². The van der Waals surface area contributed by atoms with E-state index in [4.69, 9.17) is 10.2 Å². The van der Waals surface area contributed by atoms with E-state index in [1.165, 1.54) is 6.92 Å². The molecule has 64 valence electrons. The Hall–Kier alpha value is -0.520. The number of ether oxygens (including phenoxy) is 1. The van der Waals surface area contributed by atoms with Crippen molar-refractivity contribution in [2.75, 3.05) is 6.61 Å². The fourth-order valence-electron chi connectivity index (χ4n) is 0.404. The first kappa shape index (κ1) is 14.0. The van der Waals surface area contributed by atoms with Gasteiger partial charge in [0.25, 0.3) is 0 Å². The zero-order valence-electron chi connectivity index (χ0n) is 7.90. The van der Waals surface area contributed by atoms with Gasteiger partial charge in [0.05, 0.1) is 6.61 Å². The quantitative estimate of drug-likeness (QED) is 0.123. The second-order valence-corrected chi connectivity index (χ2v) is 1.57. The Morgan fingerprint density at radius 2 is 2.08 bits per heavy atom. The predicted molar refractivity (Wildman–Crippen MR) is 36.1 cm³/mol. The van der Waals surface area contributed by atoms with Gasteiger partial charge in [-0.1, -0.05) is 0 Å². The standard InChI is InChI=1S/C6H8O5.Na.H/c1-2-11-6(10)4(3-7)5(8)9;;/h3,7H,2H2,1H3,(H,8,9);;/q;+1;-1. The van der Waals surface area contributed by atoms with Crippen molar-refractivity contribution >= 4 is 11.9 Å². The van der Waals surface area contributed by atoms with Gasteiger partial charge in [0, 0.05) is 0 Å².